The summed E-state index contributed by atoms with van der Waals surface area (Å²) in [4.78, 5) is 30.8. The van der Waals surface area contributed by atoms with Crippen molar-refractivity contribution in [3.05, 3.63) is 65.2 Å². The molecule has 0 aromatic heterocycles. The van der Waals surface area contributed by atoms with Crippen molar-refractivity contribution in [2.45, 2.75) is 38.5 Å². The van der Waals surface area contributed by atoms with E-state index in [0.29, 0.717) is 63.2 Å². The summed E-state index contributed by atoms with van der Waals surface area (Å²) in [5.74, 6) is 0.774. The summed E-state index contributed by atoms with van der Waals surface area (Å²) in [5.41, 5.74) is 0.593. The smallest absolute Gasteiger partial charge is 0.230 e. The van der Waals surface area contributed by atoms with Crippen LogP contribution in [0.5, 0.6) is 5.75 Å². The van der Waals surface area contributed by atoms with Crippen LogP contribution in [0, 0.1) is 5.41 Å². The van der Waals surface area contributed by atoms with Gasteiger partial charge in [0.15, 0.2) is 0 Å². The lowest BCUT2D eigenvalue weighted by atomic mass is 9.76. The molecule has 35 heavy (non-hydrogen) atoms. The number of rotatable bonds is 8. The van der Waals surface area contributed by atoms with Crippen LogP contribution in [0.3, 0.4) is 0 Å². The van der Waals surface area contributed by atoms with Gasteiger partial charge in [0.2, 0.25) is 11.8 Å². The zero-order chi connectivity index (χ0) is 24.7. The number of piperidine rings is 1. The largest absolute Gasteiger partial charge is 0.493 e. The maximum Gasteiger partial charge on any atom is 0.230 e. The Labute approximate surface area is 213 Å². The molecule has 4 rings (SSSR count). The number of hydrogen-bond donors (Lipinski definition) is 0. The average molecular weight is 499 g/mol. The van der Waals surface area contributed by atoms with Gasteiger partial charge in [-0.05, 0) is 49.1 Å². The highest BCUT2D eigenvalue weighted by Gasteiger charge is 2.42. The molecule has 0 aliphatic carbocycles. The summed E-state index contributed by atoms with van der Waals surface area (Å²) >= 11 is 6.03. The number of ether oxygens (including phenoxy) is 2. The Morgan fingerprint density at radius 2 is 1.74 bits per heavy atom. The molecule has 2 atom stereocenters. The minimum absolute atomic E-state index is 0.109. The second-order valence-corrected chi connectivity index (χ2v) is 10.1. The number of nitrogens with zero attached hydrogens (tertiary/aromatic N) is 2. The Morgan fingerprint density at radius 1 is 1.03 bits per heavy atom. The van der Waals surface area contributed by atoms with Gasteiger partial charge in [-0.3, -0.25) is 9.59 Å². The summed E-state index contributed by atoms with van der Waals surface area (Å²) < 4.78 is 11.6. The number of benzene rings is 2. The van der Waals surface area contributed by atoms with Crippen molar-refractivity contribution >= 4 is 23.4 Å². The third kappa shape index (κ3) is 6.56. The van der Waals surface area contributed by atoms with Gasteiger partial charge in [0.25, 0.3) is 0 Å². The van der Waals surface area contributed by atoms with E-state index in [9.17, 15) is 9.59 Å². The van der Waals surface area contributed by atoms with Crippen LogP contribution in [0.15, 0.2) is 54.6 Å². The molecule has 2 saturated heterocycles. The maximum absolute atomic E-state index is 13.7. The van der Waals surface area contributed by atoms with E-state index in [1.165, 1.54) is 0 Å². The zero-order valence-electron chi connectivity index (χ0n) is 20.5. The first-order chi connectivity index (χ1) is 17.0. The summed E-state index contributed by atoms with van der Waals surface area (Å²) in [6, 6.07) is 17.2. The highest BCUT2D eigenvalue weighted by molar-refractivity contribution is 6.30. The standard InChI is InChI=1S/C28H35ClN2O4/c1-2-25(22-7-4-3-5-8-22)27(33)31-14-6-13-28(20-31,19-26(32)30-15-17-34-18-16-30)21-35-24-11-9-23(29)10-12-24/h3-5,7-12,25H,2,6,13-21H2,1H3/t25-,28+/m1/s1. The van der Waals surface area contributed by atoms with Gasteiger partial charge in [-0.2, -0.15) is 0 Å². The SMILES string of the molecule is CC[C@@H](C(=O)N1CCC[C@](COc2ccc(Cl)cc2)(CC(=O)N2CCOCC2)C1)c1ccccc1. The minimum Gasteiger partial charge on any atom is -0.493 e. The fourth-order valence-corrected chi connectivity index (χ4v) is 5.31. The minimum atomic E-state index is -0.447. The number of carbonyl (C=O) groups excluding carboxylic acids is 2. The third-order valence-electron chi connectivity index (χ3n) is 7.13. The van der Waals surface area contributed by atoms with E-state index in [1.54, 1.807) is 12.1 Å². The first-order valence-corrected chi connectivity index (χ1v) is 12.9. The normalized spacial score (nSPS) is 21.4. The summed E-state index contributed by atoms with van der Waals surface area (Å²) in [7, 11) is 0. The highest BCUT2D eigenvalue weighted by atomic mass is 35.5. The molecular formula is C28H35ClN2O4. The monoisotopic (exact) mass is 498 g/mol. The van der Waals surface area contributed by atoms with Gasteiger partial charge in [0.1, 0.15) is 5.75 Å². The Hall–Kier alpha value is -2.57. The van der Waals surface area contributed by atoms with Crippen LogP contribution < -0.4 is 4.74 Å². The molecular weight excluding hydrogens is 464 g/mol. The number of hydrogen-bond acceptors (Lipinski definition) is 4. The van der Waals surface area contributed by atoms with E-state index in [0.717, 1.165) is 24.8 Å². The molecule has 2 fully saturated rings. The van der Waals surface area contributed by atoms with E-state index >= 15 is 0 Å². The molecule has 0 N–H and O–H groups in total. The number of halogens is 1. The molecule has 2 aromatic rings. The Balaban J connectivity index is 1.53. The summed E-state index contributed by atoms with van der Waals surface area (Å²) in [5, 5.41) is 0.649. The van der Waals surface area contributed by atoms with Gasteiger partial charge in [0.05, 0.1) is 25.7 Å². The fourth-order valence-electron chi connectivity index (χ4n) is 5.18. The van der Waals surface area contributed by atoms with Crippen molar-refractivity contribution in [1.82, 2.24) is 9.80 Å². The molecule has 0 unspecified atom stereocenters. The molecule has 2 aliphatic heterocycles. The van der Waals surface area contributed by atoms with Crippen LogP contribution in [0.25, 0.3) is 0 Å². The van der Waals surface area contributed by atoms with Gasteiger partial charge in [0, 0.05) is 43.0 Å². The van der Waals surface area contributed by atoms with Crippen LogP contribution >= 0.6 is 11.6 Å². The Kier molecular flexibility index (Phi) is 8.69. The molecule has 2 amide bonds. The third-order valence-corrected chi connectivity index (χ3v) is 7.38. The Bertz CT molecular complexity index is 978. The van der Waals surface area contributed by atoms with Gasteiger partial charge in [-0.1, -0.05) is 48.9 Å². The molecule has 2 aromatic carbocycles. The Morgan fingerprint density at radius 3 is 2.43 bits per heavy atom. The van der Waals surface area contributed by atoms with Crippen LogP contribution in [0.2, 0.25) is 5.02 Å². The molecule has 0 bridgehead atoms. The predicted octanol–water partition coefficient (Wildman–Crippen LogP) is 4.77. The van der Waals surface area contributed by atoms with Gasteiger partial charge >= 0.3 is 0 Å². The summed E-state index contributed by atoms with van der Waals surface area (Å²) in [6.45, 7) is 6.01. The van der Waals surface area contributed by atoms with Crippen molar-refractivity contribution < 1.29 is 19.1 Å². The second kappa shape index (κ2) is 11.9. The van der Waals surface area contributed by atoms with Crippen molar-refractivity contribution in [2.24, 2.45) is 5.41 Å². The maximum atomic E-state index is 13.7. The van der Waals surface area contributed by atoms with Gasteiger partial charge in [-0.25, -0.2) is 0 Å². The predicted molar refractivity (Wildman–Crippen MR) is 137 cm³/mol. The lowest BCUT2D eigenvalue weighted by Crippen LogP contribution is -2.52. The van der Waals surface area contributed by atoms with Crippen molar-refractivity contribution in [3.8, 4) is 5.75 Å². The lowest BCUT2D eigenvalue weighted by Gasteiger charge is -2.44. The van der Waals surface area contributed by atoms with Crippen LogP contribution in [0.4, 0.5) is 0 Å². The van der Waals surface area contributed by atoms with Crippen molar-refractivity contribution in [2.75, 3.05) is 46.0 Å². The molecule has 2 aliphatic rings. The average Bonchev–Trinajstić information content (AvgIpc) is 2.90. The first kappa shape index (κ1) is 25.5. The first-order valence-electron chi connectivity index (χ1n) is 12.6. The quantitative estimate of drug-likeness (QED) is 0.526. The topological polar surface area (TPSA) is 59.1 Å². The lowest BCUT2D eigenvalue weighted by molar-refractivity contribution is -0.144. The highest BCUT2D eigenvalue weighted by Crippen LogP contribution is 2.37. The van der Waals surface area contributed by atoms with Crippen LogP contribution in [-0.2, 0) is 14.3 Å². The van der Waals surface area contributed by atoms with Crippen molar-refractivity contribution in [1.29, 1.82) is 0 Å². The number of carbonyl (C=O) groups is 2. The van der Waals surface area contributed by atoms with E-state index in [-0.39, 0.29) is 17.7 Å². The molecule has 6 nitrogen and oxygen atoms in total. The molecule has 7 heteroatoms. The van der Waals surface area contributed by atoms with Crippen molar-refractivity contribution in [3.63, 3.8) is 0 Å². The van der Waals surface area contributed by atoms with Crippen LogP contribution in [-0.4, -0.2) is 67.6 Å². The van der Waals surface area contributed by atoms with E-state index in [2.05, 4.69) is 6.92 Å². The van der Waals surface area contributed by atoms with E-state index in [1.807, 2.05) is 52.3 Å². The molecule has 0 spiro atoms. The second-order valence-electron chi connectivity index (χ2n) is 9.65. The number of likely N-dealkylation sites (tertiary alicyclic amines) is 1. The number of morpholine rings is 1. The van der Waals surface area contributed by atoms with Gasteiger partial charge in [-0.15, -0.1) is 0 Å². The fraction of sp³-hybridized carbons (Fsp3) is 0.500. The van der Waals surface area contributed by atoms with Gasteiger partial charge < -0.3 is 19.3 Å². The summed E-state index contributed by atoms with van der Waals surface area (Å²) in [6.07, 6.45) is 2.77. The molecule has 0 radical (unpaired) electrons. The van der Waals surface area contributed by atoms with E-state index in [4.69, 9.17) is 21.1 Å². The zero-order valence-corrected chi connectivity index (χ0v) is 21.2. The molecule has 2 heterocycles. The number of amides is 2. The molecule has 0 saturated carbocycles. The van der Waals surface area contributed by atoms with Crippen LogP contribution in [0.1, 0.15) is 44.1 Å². The molecule has 188 valence electrons. The van der Waals surface area contributed by atoms with E-state index < -0.39 is 5.41 Å².